The maximum Gasteiger partial charge on any atom is 0.160 e. The Morgan fingerprint density at radius 1 is 0.400 bits per heavy atom. The summed E-state index contributed by atoms with van der Waals surface area (Å²) in [5.41, 5.74) is 8.88. The third-order valence-electron chi connectivity index (χ3n) is 8.60. The van der Waals surface area contributed by atoms with Crippen LogP contribution < -0.4 is 0 Å². The Bertz CT molecular complexity index is 2530. The lowest BCUT2D eigenvalue weighted by atomic mass is 10.0. The smallest absolute Gasteiger partial charge is 0.160 e. The fourth-order valence-corrected chi connectivity index (χ4v) is 6.45. The first kappa shape index (κ1) is 25.4. The van der Waals surface area contributed by atoms with E-state index < -0.39 is 0 Å². The molecule has 0 aliphatic rings. The van der Waals surface area contributed by atoms with Crippen LogP contribution in [0.3, 0.4) is 0 Å². The molecule has 45 heavy (non-hydrogen) atoms. The van der Waals surface area contributed by atoms with Gasteiger partial charge in [-0.2, -0.15) is 0 Å². The van der Waals surface area contributed by atoms with Crippen LogP contribution in [-0.2, 0) is 0 Å². The molecule has 0 atom stereocenters. The number of pyridine rings is 1. The van der Waals surface area contributed by atoms with Gasteiger partial charge < -0.3 is 4.57 Å². The molecule has 6 aromatic carbocycles. The van der Waals surface area contributed by atoms with Gasteiger partial charge in [0.1, 0.15) is 0 Å². The van der Waals surface area contributed by atoms with E-state index in [9.17, 15) is 0 Å². The normalized spacial score (nSPS) is 11.6. The van der Waals surface area contributed by atoms with Gasteiger partial charge in [0, 0.05) is 33.0 Å². The first-order valence-electron chi connectivity index (χ1n) is 15.1. The Morgan fingerprint density at radius 2 is 1.09 bits per heavy atom. The number of fused-ring (bicyclic) bond motifs is 6. The van der Waals surface area contributed by atoms with E-state index in [-0.39, 0.29) is 0 Å². The van der Waals surface area contributed by atoms with Crippen molar-refractivity contribution in [1.29, 1.82) is 0 Å². The summed E-state index contributed by atoms with van der Waals surface area (Å²) in [6, 6.07) is 54.9. The van der Waals surface area contributed by atoms with E-state index in [0.717, 1.165) is 44.8 Å². The van der Waals surface area contributed by atoms with Crippen LogP contribution in [0.4, 0.5) is 0 Å². The lowest BCUT2D eigenvalue weighted by Crippen LogP contribution is -1.98. The Kier molecular flexibility index (Phi) is 5.78. The zero-order chi connectivity index (χ0) is 29.7. The molecule has 0 amide bonds. The van der Waals surface area contributed by atoms with E-state index in [1.54, 1.807) is 0 Å². The molecule has 9 aromatic rings. The second kappa shape index (κ2) is 10.2. The molecule has 0 bridgehead atoms. The van der Waals surface area contributed by atoms with E-state index in [1.807, 2.05) is 48.5 Å². The molecule has 0 saturated carbocycles. The van der Waals surface area contributed by atoms with Gasteiger partial charge in [-0.15, -0.1) is 0 Å². The minimum atomic E-state index is 0.668. The fraction of sp³-hybridized carbons (Fsp3) is 0. The van der Waals surface area contributed by atoms with Crippen LogP contribution in [-0.4, -0.2) is 19.5 Å². The topological polar surface area (TPSA) is 43.6 Å². The quantitative estimate of drug-likeness (QED) is 0.210. The van der Waals surface area contributed by atoms with Crippen molar-refractivity contribution in [1.82, 2.24) is 19.5 Å². The lowest BCUT2D eigenvalue weighted by Gasteiger charge is -2.11. The summed E-state index contributed by atoms with van der Waals surface area (Å²) in [6.07, 6.45) is 0. The molecule has 4 heteroatoms. The van der Waals surface area contributed by atoms with Gasteiger partial charge in [-0.25, -0.2) is 15.0 Å². The number of para-hydroxylation sites is 2. The van der Waals surface area contributed by atoms with E-state index in [2.05, 4.69) is 114 Å². The highest BCUT2D eigenvalue weighted by Gasteiger charge is 2.16. The summed E-state index contributed by atoms with van der Waals surface area (Å²) in [6.45, 7) is 0. The standard InChI is InChI=1S/C41H26N4/c1-2-11-28(12-3-1)36-26-37(35-24-20-29-13-5-8-16-34(29)42-35)44-41(43-36)30-18-22-31(23-19-30)45-38-17-9-7-15-33(38)40-32-14-6-4-10-27(32)21-25-39(40)45/h1-26H. The van der Waals surface area contributed by atoms with E-state index >= 15 is 0 Å². The Hall–Kier alpha value is -6.13. The molecule has 4 nitrogen and oxygen atoms in total. The molecule has 3 heterocycles. The summed E-state index contributed by atoms with van der Waals surface area (Å²) < 4.78 is 2.35. The average molecular weight is 575 g/mol. The van der Waals surface area contributed by atoms with E-state index in [0.29, 0.717) is 5.82 Å². The van der Waals surface area contributed by atoms with Gasteiger partial charge in [0.15, 0.2) is 5.82 Å². The van der Waals surface area contributed by atoms with Crippen molar-refractivity contribution in [3.63, 3.8) is 0 Å². The molecule has 0 spiro atoms. The maximum atomic E-state index is 5.05. The van der Waals surface area contributed by atoms with Crippen LogP contribution in [0.25, 0.3) is 83.2 Å². The van der Waals surface area contributed by atoms with Crippen LogP contribution >= 0.6 is 0 Å². The SMILES string of the molecule is c1ccc(-c2cc(-c3ccc4ccccc4n3)nc(-c3ccc(-n4c5ccccc5c5c6ccccc6ccc54)cc3)n2)cc1. The molecular formula is C41H26N4. The average Bonchev–Trinajstić information content (AvgIpc) is 3.46. The molecule has 210 valence electrons. The summed E-state index contributed by atoms with van der Waals surface area (Å²) >= 11 is 0. The van der Waals surface area contributed by atoms with Crippen molar-refractivity contribution in [3.05, 3.63) is 158 Å². The van der Waals surface area contributed by atoms with Crippen molar-refractivity contribution in [2.24, 2.45) is 0 Å². The molecule has 0 aliphatic heterocycles. The minimum absolute atomic E-state index is 0.668. The van der Waals surface area contributed by atoms with Crippen LogP contribution in [0.2, 0.25) is 0 Å². The van der Waals surface area contributed by atoms with Gasteiger partial charge >= 0.3 is 0 Å². The number of nitrogens with zero attached hydrogens (tertiary/aromatic N) is 4. The Labute approximate surface area is 259 Å². The van der Waals surface area contributed by atoms with Gasteiger partial charge in [-0.05, 0) is 65.4 Å². The minimum Gasteiger partial charge on any atom is -0.309 e. The van der Waals surface area contributed by atoms with Crippen molar-refractivity contribution in [2.45, 2.75) is 0 Å². The number of hydrogen-bond acceptors (Lipinski definition) is 3. The predicted octanol–water partition coefficient (Wildman–Crippen LogP) is 10.3. The third-order valence-corrected chi connectivity index (χ3v) is 8.60. The lowest BCUT2D eigenvalue weighted by molar-refractivity contribution is 1.16. The van der Waals surface area contributed by atoms with Crippen molar-refractivity contribution in [3.8, 4) is 39.7 Å². The highest BCUT2D eigenvalue weighted by atomic mass is 15.0. The molecule has 9 rings (SSSR count). The fourth-order valence-electron chi connectivity index (χ4n) is 6.45. The van der Waals surface area contributed by atoms with E-state index in [4.69, 9.17) is 15.0 Å². The number of rotatable bonds is 4. The highest BCUT2D eigenvalue weighted by Crippen LogP contribution is 2.37. The van der Waals surface area contributed by atoms with Gasteiger partial charge in [-0.1, -0.05) is 103 Å². The first-order valence-corrected chi connectivity index (χ1v) is 15.1. The van der Waals surface area contributed by atoms with Gasteiger partial charge in [0.2, 0.25) is 0 Å². The van der Waals surface area contributed by atoms with Gasteiger partial charge in [0.05, 0.1) is 33.6 Å². The Morgan fingerprint density at radius 3 is 1.96 bits per heavy atom. The van der Waals surface area contributed by atoms with Crippen LogP contribution in [0.5, 0.6) is 0 Å². The summed E-state index contributed by atoms with van der Waals surface area (Å²) in [4.78, 5) is 15.0. The zero-order valence-corrected chi connectivity index (χ0v) is 24.3. The first-order chi connectivity index (χ1) is 22.3. The summed E-state index contributed by atoms with van der Waals surface area (Å²) in [5, 5.41) is 6.14. The molecule has 0 radical (unpaired) electrons. The van der Waals surface area contributed by atoms with Crippen molar-refractivity contribution < 1.29 is 0 Å². The Balaban J connectivity index is 1.20. The molecule has 0 fully saturated rings. The molecule has 0 aliphatic carbocycles. The molecule has 3 aromatic heterocycles. The van der Waals surface area contributed by atoms with Crippen molar-refractivity contribution in [2.75, 3.05) is 0 Å². The monoisotopic (exact) mass is 574 g/mol. The molecular weight excluding hydrogens is 548 g/mol. The van der Waals surface area contributed by atoms with Crippen LogP contribution in [0.15, 0.2) is 158 Å². The number of hydrogen-bond donors (Lipinski definition) is 0. The third kappa shape index (κ3) is 4.27. The van der Waals surface area contributed by atoms with Crippen LogP contribution in [0, 0.1) is 0 Å². The number of aromatic nitrogens is 4. The molecule has 0 saturated heterocycles. The van der Waals surface area contributed by atoms with Gasteiger partial charge in [0.25, 0.3) is 0 Å². The number of benzene rings is 6. The van der Waals surface area contributed by atoms with Gasteiger partial charge in [-0.3, -0.25) is 0 Å². The molecule has 0 unspecified atom stereocenters. The second-order valence-electron chi connectivity index (χ2n) is 11.3. The summed E-state index contributed by atoms with van der Waals surface area (Å²) in [7, 11) is 0. The summed E-state index contributed by atoms with van der Waals surface area (Å²) in [5.74, 6) is 0.668. The maximum absolute atomic E-state index is 5.05. The van der Waals surface area contributed by atoms with Crippen molar-refractivity contribution >= 4 is 43.5 Å². The molecule has 0 N–H and O–H groups in total. The van der Waals surface area contributed by atoms with E-state index in [1.165, 1.54) is 32.6 Å². The largest absolute Gasteiger partial charge is 0.309 e. The highest BCUT2D eigenvalue weighted by molar-refractivity contribution is 6.21. The predicted molar refractivity (Wildman–Crippen MR) is 185 cm³/mol. The zero-order valence-electron chi connectivity index (χ0n) is 24.3. The second-order valence-corrected chi connectivity index (χ2v) is 11.3. The van der Waals surface area contributed by atoms with Crippen LogP contribution in [0.1, 0.15) is 0 Å².